The zero-order valence-corrected chi connectivity index (χ0v) is 13.5. The molecule has 1 atom stereocenters. The number of likely N-dealkylation sites (N-methyl/N-ethyl adjacent to an activating group) is 1. The van der Waals surface area contributed by atoms with Crippen LogP contribution < -0.4 is 5.32 Å². The number of rotatable bonds is 5. The number of hydrogen-bond donors (Lipinski definition) is 1. The van der Waals surface area contributed by atoms with Gasteiger partial charge in [-0.05, 0) is 49.7 Å². The highest BCUT2D eigenvalue weighted by Gasteiger charge is 2.14. The maximum atomic E-state index is 13.8. The lowest BCUT2D eigenvalue weighted by Crippen LogP contribution is -2.30. The van der Waals surface area contributed by atoms with Crippen molar-refractivity contribution in [2.24, 2.45) is 0 Å². The van der Waals surface area contributed by atoms with Gasteiger partial charge in [-0.2, -0.15) is 0 Å². The predicted octanol–water partition coefficient (Wildman–Crippen LogP) is 4.61. The van der Waals surface area contributed by atoms with E-state index < -0.39 is 0 Å². The monoisotopic (exact) mass is 355 g/mol. The summed E-state index contributed by atoms with van der Waals surface area (Å²) in [5, 5.41) is 3.72. The molecule has 1 N–H and O–H groups in total. The van der Waals surface area contributed by atoms with Crippen LogP contribution in [0.5, 0.6) is 0 Å². The Hall–Kier alpha value is -0.900. The number of hydrogen-bond acceptors (Lipinski definition) is 1. The second-order valence-electron chi connectivity index (χ2n) is 4.72. The van der Waals surface area contributed by atoms with Crippen LogP contribution in [0, 0.1) is 5.82 Å². The molecular weight excluding hydrogens is 341 g/mol. The van der Waals surface area contributed by atoms with Gasteiger partial charge in [-0.15, -0.1) is 0 Å². The molecule has 20 heavy (non-hydrogen) atoms. The molecule has 0 aliphatic rings. The summed E-state index contributed by atoms with van der Waals surface area (Å²) in [4.78, 5) is 0. The van der Waals surface area contributed by atoms with Gasteiger partial charge < -0.3 is 5.32 Å². The van der Waals surface area contributed by atoms with E-state index in [1.165, 1.54) is 11.6 Å². The van der Waals surface area contributed by atoms with Crippen LogP contribution in [0.2, 0.25) is 5.02 Å². The van der Waals surface area contributed by atoms with Gasteiger partial charge in [0, 0.05) is 21.1 Å². The van der Waals surface area contributed by atoms with Crippen molar-refractivity contribution in [1.29, 1.82) is 0 Å². The van der Waals surface area contributed by atoms with Gasteiger partial charge in [0.2, 0.25) is 0 Å². The minimum atomic E-state index is -0.244. The molecule has 0 saturated carbocycles. The Morgan fingerprint density at radius 2 is 1.95 bits per heavy atom. The summed E-state index contributed by atoms with van der Waals surface area (Å²) in [5.74, 6) is -0.244. The quantitative estimate of drug-likeness (QED) is 0.824. The number of nitrogens with one attached hydrogen (secondary N) is 1. The van der Waals surface area contributed by atoms with Gasteiger partial charge in [-0.25, -0.2) is 4.39 Å². The molecule has 0 heterocycles. The lowest BCUT2D eigenvalue weighted by molar-refractivity contribution is 0.532. The zero-order valence-electron chi connectivity index (χ0n) is 11.2. The first-order chi connectivity index (χ1) is 9.60. The van der Waals surface area contributed by atoms with Crippen LogP contribution in [0.25, 0.3) is 0 Å². The average molecular weight is 357 g/mol. The van der Waals surface area contributed by atoms with Crippen molar-refractivity contribution in [1.82, 2.24) is 5.32 Å². The first-order valence-corrected chi connectivity index (χ1v) is 7.62. The summed E-state index contributed by atoms with van der Waals surface area (Å²) in [6, 6.07) is 13.1. The van der Waals surface area contributed by atoms with Gasteiger partial charge in [-0.1, -0.05) is 45.7 Å². The number of benzene rings is 2. The fourth-order valence-electron chi connectivity index (χ4n) is 2.20. The van der Waals surface area contributed by atoms with Crippen molar-refractivity contribution in [2.45, 2.75) is 18.9 Å². The van der Waals surface area contributed by atoms with Crippen LogP contribution in [0.4, 0.5) is 4.39 Å². The summed E-state index contributed by atoms with van der Waals surface area (Å²) < 4.78 is 14.9. The Morgan fingerprint density at radius 1 is 1.20 bits per heavy atom. The molecular formula is C16H16BrClFN. The van der Waals surface area contributed by atoms with Crippen LogP contribution >= 0.6 is 27.5 Å². The summed E-state index contributed by atoms with van der Waals surface area (Å²) in [6.07, 6.45) is 1.38. The lowest BCUT2D eigenvalue weighted by atomic mass is 9.99. The van der Waals surface area contributed by atoms with Gasteiger partial charge in [0.05, 0.1) is 0 Å². The molecule has 1 unspecified atom stereocenters. The summed E-state index contributed by atoms with van der Waals surface area (Å²) in [7, 11) is 1.89. The van der Waals surface area contributed by atoms with Gasteiger partial charge in [-0.3, -0.25) is 0 Å². The minimum Gasteiger partial charge on any atom is -0.316 e. The Labute approximate surface area is 132 Å². The molecule has 0 spiro atoms. The van der Waals surface area contributed by atoms with E-state index >= 15 is 0 Å². The Balaban J connectivity index is 2.13. The van der Waals surface area contributed by atoms with E-state index in [-0.39, 0.29) is 11.9 Å². The van der Waals surface area contributed by atoms with E-state index in [0.29, 0.717) is 17.0 Å². The Bertz CT molecular complexity index is 568. The van der Waals surface area contributed by atoms with Crippen molar-refractivity contribution >= 4 is 27.5 Å². The van der Waals surface area contributed by atoms with Crippen LogP contribution in [0.15, 0.2) is 46.9 Å². The molecule has 2 rings (SSSR count). The predicted molar refractivity (Wildman–Crippen MR) is 85.8 cm³/mol. The average Bonchev–Trinajstić information content (AvgIpc) is 2.42. The summed E-state index contributed by atoms with van der Waals surface area (Å²) in [6.45, 7) is 0. The molecule has 0 saturated heterocycles. The highest BCUT2D eigenvalue weighted by atomic mass is 79.9. The molecule has 4 heteroatoms. The van der Waals surface area contributed by atoms with Crippen molar-refractivity contribution in [3.63, 3.8) is 0 Å². The summed E-state index contributed by atoms with van der Waals surface area (Å²) >= 11 is 9.55. The molecule has 0 aliphatic carbocycles. The van der Waals surface area contributed by atoms with Gasteiger partial charge >= 0.3 is 0 Å². The van der Waals surface area contributed by atoms with Crippen molar-refractivity contribution in [3.05, 3.63) is 68.9 Å². The third-order valence-electron chi connectivity index (χ3n) is 3.29. The molecule has 106 valence electrons. The van der Waals surface area contributed by atoms with E-state index in [1.807, 2.05) is 19.2 Å². The highest BCUT2D eigenvalue weighted by Crippen LogP contribution is 2.22. The maximum Gasteiger partial charge on any atom is 0.127 e. The topological polar surface area (TPSA) is 12.0 Å². The fourth-order valence-corrected chi connectivity index (χ4v) is 2.89. The molecule has 2 aromatic rings. The Morgan fingerprint density at radius 3 is 2.60 bits per heavy atom. The standard InChI is InChI=1S/C16H16BrClFN/c1-20-13(9-11-4-2-5-12(17)8-11)10-14-15(18)6-3-7-16(14)19/h2-8,13,20H,9-10H2,1H3. The van der Waals surface area contributed by atoms with Crippen molar-refractivity contribution in [2.75, 3.05) is 7.05 Å². The van der Waals surface area contributed by atoms with E-state index in [2.05, 4.69) is 33.4 Å². The number of halogens is 3. The van der Waals surface area contributed by atoms with E-state index in [1.54, 1.807) is 12.1 Å². The molecule has 2 aromatic carbocycles. The molecule has 0 bridgehead atoms. The van der Waals surface area contributed by atoms with Gasteiger partial charge in [0.1, 0.15) is 5.82 Å². The van der Waals surface area contributed by atoms with Gasteiger partial charge in [0.15, 0.2) is 0 Å². The Kier molecular flexibility index (Phi) is 5.58. The largest absolute Gasteiger partial charge is 0.316 e. The molecule has 0 fully saturated rings. The minimum absolute atomic E-state index is 0.138. The van der Waals surface area contributed by atoms with E-state index in [0.717, 1.165) is 10.9 Å². The highest BCUT2D eigenvalue weighted by molar-refractivity contribution is 9.10. The normalized spacial score (nSPS) is 12.4. The third-order valence-corrected chi connectivity index (χ3v) is 4.14. The second kappa shape index (κ2) is 7.21. The van der Waals surface area contributed by atoms with Crippen molar-refractivity contribution < 1.29 is 4.39 Å². The SMILES string of the molecule is CNC(Cc1cccc(Br)c1)Cc1c(F)cccc1Cl. The van der Waals surface area contributed by atoms with Crippen LogP contribution in [-0.4, -0.2) is 13.1 Å². The first kappa shape index (κ1) is 15.5. The fraction of sp³-hybridized carbons (Fsp3) is 0.250. The molecule has 0 amide bonds. The van der Waals surface area contributed by atoms with Crippen LogP contribution in [0.3, 0.4) is 0 Å². The van der Waals surface area contributed by atoms with Crippen molar-refractivity contribution in [3.8, 4) is 0 Å². The third kappa shape index (κ3) is 4.05. The van der Waals surface area contributed by atoms with Gasteiger partial charge in [0.25, 0.3) is 0 Å². The van der Waals surface area contributed by atoms with E-state index in [9.17, 15) is 4.39 Å². The second-order valence-corrected chi connectivity index (χ2v) is 6.05. The summed E-state index contributed by atoms with van der Waals surface area (Å²) in [5.41, 5.74) is 1.77. The molecule has 1 nitrogen and oxygen atoms in total. The maximum absolute atomic E-state index is 13.8. The molecule has 0 aromatic heterocycles. The van der Waals surface area contributed by atoms with Crippen LogP contribution in [0.1, 0.15) is 11.1 Å². The lowest BCUT2D eigenvalue weighted by Gasteiger charge is -2.17. The van der Waals surface area contributed by atoms with E-state index in [4.69, 9.17) is 11.6 Å². The first-order valence-electron chi connectivity index (χ1n) is 6.44. The smallest absolute Gasteiger partial charge is 0.127 e. The van der Waals surface area contributed by atoms with Crippen LogP contribution in [-0.2, 0) is 12.8 Å². The molecule has 0 radical (unpaired) electrons. The zero-order chi connectivity index (χ0) is 14.5. The molecule has 0 aliphatic heterocycles.